The molecule has 0 saturated heterocycles. The predicted octanol–water partition coefficient (Wildman–Crippen LogP) is 3.31. The Balaban J connectivity index is 1.87. The molecule has 0 spiro atoms. The minimum atomic E-state index is -0.158. The summed E-state index contributed by atoms with van der Waals surface area (Å²) in [5.41, 5.74) is 3.14. The van der Waals surface area contributed by atoms with Gasteiger partial charge in [0.15, 0.2) is 11.6 Å². The van der Waals surface area contributed by atoms with Crippen LogP contribution in [0.1, 0.15) is 47.5 Å². The smallest absolute Gasteiger partial charge is 0.254 e. The van der Waals surface area contributed by atoms with E-state index in [4.69, 9.17) is 0 Å². The lowest BCUT2D eigenvalue weighted by Crippen LogP contribution is -2.41. The summed E-state index contributed by atoms with van der Waals surface area (Å²) in [6.07, 6.45) is 1.60. The van der Waals surface area contributed by atoms with E-state index in [9.17, 15) is 4.79 Å². The quantitative estimate of drug-likeness (QED) is 0.628. The molecule has 26 heavy (non-hydrogen) atoms. The number of benzene rings is 1. The molecule has 1 amide bonds. The van der Waals surface area contributed by atoms with Crippen LogP contribution in [0, 0.1) is 6.92 Å². The molecule has 2 aromatic rings. The lowest BCUT2D eigenvalue weighted by molar-refractivity contribution is 0.0637. The lowest BCUT2D eigenvalue weighted by atomic mass is 10.1. The van der Waals surface area contributed by atoms with Gasteiger partial charge in [0.05, 0.1) is 17.5 Å². The van der Waals surface area contributed by atoms with Crippen molar-refractivity contribution in [3.8, 4) is 0 Å². The summed E-state index contributed by atoms with van der Waals surface area (Å²) < 4.78 is 2.03. The molecule has 0 unspecified atom stereocenters. The molecular formula is C20H23N5O. The van der Waals surface area contributed by atoms with Crippen LogP contribution in [-0.2, 0) is 6.54 Å². The number of carbonyl (C=O) groups is 1. The molecule has 0 N–H and O–H groups in total. The standard InChI is InChI=1S/C20H23N5O/c1-6-14(3)21-15(4)18-22-23-19-16(5)24(11-12-25(18)19)20(26)17-9-7-13(2)8-10-17/h6-10,16H,1,3,11-12H2,2,4-5H3/b21-15+/t16-/m1/s1. The number of fused-ring (bicyclic) bond motifs is 1. The zero-order chi connectivity index (χ0) is 18.8. The second kappa shape index (κ2) is 7.07. The summed E-state index contributed by atoms with van der Waals surface area (Å²) in [5.74, 6) is 1.49. The number of aliphatic imine (C=N–C) groups is 1. The van der Waals surface area contributed by atoms with Gasteiger partial charge in [0, 0.05) is 18.7 Å². The summed E-state index contributed by atoms with van der Waals surface area (Å²) in [6, 6.07) is 7.48. The Kier molecular flexibility index (Phi) is 4.84. The highest BCUT2D eigenvalue weighted by atomic mass is 16.2. The van der Waals surface area contributed by atoms with Crippen molar-refractivity contribution in [3.05, 3.63) is 72.0 Å². The molecular weight excluding hydrogens is 326 g/mol. The van der Waals surface area contributed by atoms with E-state index in [1.165, 1.54) is 0 Å². The van der Waals surface area contributed by atoms with Crippen molar-refractivity contribution in [2.75, 3.05) is 6.54 Å². The van der Waals surface area contributed by atoms with Crippen LogP contribution >= 0.6 is 0 Å². The average molecular weight is 349 g/mol. The fourth-order valence-electron chi connectivity index (χ4n) is 3.10. The number of hydrogen-bond acceptors (Lipinski definition) is 4. The number of nitrogens with zero attached hydrogens (tertiary/aromatic N) is 5. The van der Waals surface area contributed by atoms with Gasteiger partial charge in [0.25, 0.3) is 5.91 Å². The molecule has 0 aliphatic carbocycles. The summed E-state index contributed by atoms with van der Waals surface area (Å²) in [7, 11) is 0. The molecule has 1 aromatic heterocycles. The third-order valence-electron chi connectivity index (χ3n) is 4.62. The van der Waals surface area contributed by atoms with Gasteiger partial charge in [-0.3, -0.25) is 9.79 Å². The van der Waals surface area contributed by atoms with Crippen molar-refractivity contribution in [3.63, 3.8) is 0 Å². The molecule has 0 fully saturated rings. The van der Waals surface area contributed by atoms with Crippen LogP contribution in [0.25, 0.3) is 0 Å². The van der Waals surface area contributed by atoms with Crippen molar-refractivity contribution in [2.24, 2.45) is 4.99 Å². The predicted molar refractivity (Wildman–Crippen MR) is 102 cm³/mol. The molecule has 1 aliphatic heterocycles. The molecule has 1 aromatic carbocycles. The first-order valence-electron chi connectivity index (χ1n) is 8.60. The second-order valence-corrected chi connectivity index (χ2v) is 6.47. The first kappa shape index (κ1) is 17.8. The Labute approximate surface area is 153 Å². The minimum Gasteiger partial charge on any atom is -0.327 e. The van der Waals surface area contributed by atoms with Crippen LogP contribution in [0.3, 0.4) is 0 Å². The van der Waals surface area contributed by atoms with E-state index in [1.54, 1.807) is 6.08 Å². The first-order chi connectivity index (χ1) is 12.4. The monoisotopic (exact) mass is 349 g/mol. The molecule has 0 radical (unpaired) electrons. The topological polar surface area (TPSA) is 63.4 Å². The van der Waals surface area contributed by atoms with Crippen molar-refractivity contribution in [2.45, 2.75) is 33.4 Å². The van der Waals surface area contributed by atoms with Gasteiger partial charge >= 0.3 is 0 Å². The van der Waals surface area contributed by atoms with E-state index in [0.29, 0.717) is 30.2 Å². The summed E-state index contributed by atoms with van der Waals surface area (Å²) in [5, 5.41) is 8.60. The SMILES string of the molecule is C=CC(=C)/N=C(\C)c1nnc2n1CCN(C(=O)c1ccc(C)cc1)[C@@H]2C. The van der Waals surface area contributed by atoms with E-state index in [-0.39, 0.29) is 11.9 Å². The number of amides is 1. The maximum absolute atomic E-state index is 12.9. The van der Waals surface area contributed by atoms with Gasteiger partial charge < -0.3 is 9.47 Å². The highest BCUT2D eigenvalue weighted by Gasteiger charge is 2.32. The zero-order valence-electron chi connectivity index (χ0n) is 15.4. The average Bonchev–Trinajstić information content (AvgIpc) is 3.07. The Morgan fingerprint density at radius 1 is 1.27 bits per heavy atom. The molecule has 1 atom stereocenters. The van der Waals surface area contributed by atoms with Crippen LogP contribution in [-0.4, -0.2) is 37.8 Å². The van der Waals surface area contributed by atoms with Gasteiger partial charge in [0.1, 0.15) is 0 Å². The van der Waals surface area contributed by atoms with Gasteiger partial charge in [-0.15, -0.1) is 10.2 Å². The van der Waals surface area contributed by atoms with Crippen LogP contribution in [0.5, 0.6) is 0 Å². The molecule has 6 heteroatoms. The Morgan fingerprint density at radius 3 is 2.62 bits per heavy atom. The van der Waals surface area contributed by atoms with E-state index in [0.717, 1.165) is 17.1 Å². The molecule has 0 saturated carbocycles. The van der Waals surface area contributed by atoms with E-state index >= 15 is 0 Å². The summed E-state index contributed by atoms with van der Waals surface area (Å²) in [4.78, 5) is 19.1. The van der Waals surface area contributed by atoms with Crippen molar-refractivity contribution in [1.82, 2.24) is 19.7 Å². The number of rotatable bonds is 4. The normalized spacial score (nSPS) is 17.0. The minimum absolute atomic E-state index is 0.0127. The fourth-order valence-corrected chi connectivity index (χ4v) is 3.10. The molecule has 0 bridgehead atoms. The summed E-state index contributed by atoms with van der Waals surface area (Å²) in [6.45, 7) is 14.6. The number of carbonyl (C=O) groups excluding carboxylic acids is 1. The van der Waals surface area contributed by atoms with Crippen LogP contribution < -0.4 is 0 Å². The van der Waals surface area contributed by atoms with Gasteiger partial charge in [-0.2, -0.15) is 0 Å². The van der Waals surface area contributed by atoms with E-state index in [2.05, 4.69) is 28.3 Å². The Bertz CT molecular complexity index is 891. The number of aromatic nitrogens is 3. The van der Waals surface area contributed by atoms with Gasteiger partial charge in [-0.05, 0) is 39.0 Å². The number of allylic oxidation sites excluding steroid dienone is 1. The summed E-state index contributed by atoms with van der Waals surface area (Å²) >= 11 is 0. The molecule has 3 rings (SSSR count). The molecule has 6 nitrogen and oxygen atoms in total. The maximum Gasteiger partial charge on any atom is 0.254 e. The highest BCUT2D eigenvalue weighted by molar-refractivity contribution is 5.97. The molecule has 1 aliphatic rings. The van der Waals surface area contributed by atoms with Gasteiger partial charge in [-0.25, -0.2) is 0 Å². The van der Waals surface area contributed by atoms with Crippen molar-refractivity contribution in [1.29, 1.82) is 0 Å². The van der Waals surface area contributed by atoms with Crippen LogP contribution in [0.15, 0.2) is 54.2 Å². The zero-order valence-corrected chi connectivity index (χ0v) is 15.4. The van der Waals surface area contributed by atoms with E-state index in [1.807, 2.05) is 54.5 Å². The Morgan fingerprint density at radius 2 is 1.96 bits per heavy atom. The van der Waals surface area contributed by atoms with Crippen molar-refractivity contribution < 1.29 is 4.79 Å². The van der Waals surface area contributed by atoms with E-state index < -0.39 is 0 Å². The number of hydrogen-bond donors (Lipinski definition) is 0. The third-order valence-corrected chi connectivity index (χ3v) is 4.62. The Hall–Kier alpha value is -3.02. The number of aryl methyl sites for hydroxylation is 1. The molecule has 134 valence electrons. The van der Waals surface area contributed by atoms with Gasteiger partial charge in [0.2, 0.25) is 0 Å². The lowest BCUT2D eigenvalue weighted by Gasteiger charge is -2.33. The fraction of sp³-hybridized carbons (Fsp3) is 0.300. The third kappa shape index (κ3) is 3.22. The maximum atomic E-state index is 12.9. The van der Waals surface area contributed by atoms with Crippen molar-refractivity contribution >= 4 is 11.6 Å². The first-order valence-corrected chi connectivity index (χ1v) is 8.60. The highest BCUT2D eigenvalue weighted by Crippen LogP contribution is 2.26. The molecule has 2 heterocycles. The van der Waals surface area contributed by atoms with Gasteiger partial charge in [-0.1, -0.05) is 30.9 Å². The van der Waals surface area contributed by atoms with Crippen LogP contribution in [0.2, 0.25) is 0 Å². The second-order valence-electron chi connectivity index (χ2n) is 6.47. The largest absolute Gasteiger partial charge is 0.327 e. The van der Waals surface area contributed by atoms with Crippen LogP contribution in [0.4, 0.5) is 0 Å².